The fourth-order valence-corrected chi connectivity index (χ4v) is 2.81. The highest BCUT2D eigenvalue weighted by Crippen LogP contribution is 2.48. The zero-order valence-corrected chi connectivity index (χ0v) is 9.91. The number of aliphatic hydroxyl groups is 1. The minimum Gasteiger partial charge on any atom is -0.523 e. The van der Waals surface area contributed by atoms with Crippen molar-refractivity contribution in [3.05, 3.63) is 22.9 Å². The average Bonchev–Trinajstić information content (AvgIpc) is 2.24. The summed E-state index contributed by atoms with van der Waals surface area (Å²) in [4.78, 5) is 3.40. The molecule has 4 nitrogen and oxygen atoms in total. The molecule has 0 amide bonds. The molecule has 0 unspecified atom stereocenters. The van der Waals surface area contributed by atoms with Crippen LogP contribution in [-0.4, -0.2) is 30.0 Å². The maximum absolute atomic E-state index is 10.1. The highest BCUT2D eigenvalue weighted by atomic mass is 16.6. The minimum absolute atomic E-state index is 0.149. The molecule has 1 aliphatic heterocycles. The van der Waals surface area contributed by atoms with Crippen molar-refractivity contribution in [3.63, 3.8) is 0 Å². The molecule has 1 heterocycles. The van der Waals surface area contributed by atoms with E-state index in [9.17, 15) is 5.11 Å². The molecule has 1 fully saturated rings. The van der Waals surface area contributed by atoms with Crippen LogP contribution in [0.5, 0.6) is 0 Å². The third-order valence-electron chi connectivity index (χ3n) is 3.55. The van der Waals surface area contributed by atoms with Crippen molar-refractivity contribution in [1.82, 2.24) is 0 Å². The lowest BCUT2D eigenvalue weighted by molar-refractivity contribution is -0.231. The SMILES string of the molecule is [C-]#[N+]C1=C(O)C(C)(C)[C@@H]2OCCO[C@@]2(C)C1. The fraction of sp³-hybridized carbons (Fsp3) is 0.750. The van der Waals surface area contributed by atoms with Gasteiger partial charge in [0.15, 0.2) is 0 Å². The van der Waals surface area contributed by atoms with E-state index in [0.717, 1.165) is 0 Å². The molecule has 0 saturated carbocycles. The second kappa shape index (κ2) is 3.47. The first-order valence-corrected chi connectivity index (χ1v) is 5.47. The number of aliphatic hydroxyl groups excluding tert-OH is 1. The molecule has 16 heavy (non-hydrogen) atoms. The molecule has 0 bridgehead atoms. The number of ether oxygens (including phenoxy) is 2. The molecule has 1 saturated heterocycles. The largest absolute Gasteiger partial charge is 0.523 e. The summed E-state index contributed by atoms with van der Waals surface area (Å²) in [5.41, 5.74) is -0.657. The van der Waals surface area contributed by atoms with Crippen LogP contribution < -0.4 is 0 Å². The van der Waals surface area contributed by atoms with Crippen LogP contribution in [0.15, 0.2) is 11.5 Å². The van der Waals surface area contributed by atoms with Gasteiger partial charge in [0.05, 0.1) is 31.5 Å². The van der Waals surface area contributed by atoms with Gasteiger partial charge in [0.25, 0.3) is 0 Å². The summed E-state index contributed by atoms with van der Waals surface area (Å²) in [5.74, 6) is 0.149. The summed E-state index contributed by atoms with van der Waals surface area (Å²) in [6.45, 7) is 13.9. The molecule has 0 aromatic rings. The van der Waals surface area contributed by atoms with E-state index in [1.807, 2.05) is 20.8 Å². The highest BCUT2D eigenvalue weighted by Gasteiger charge is 2.54. The molecule has 0 aromatic carbocycles. The minimum atomic E-state index is -0.562. The topological polar surface area (TPSA) is 43.0 Å². The predicted octanol–water partition coefficient (Wildman–Crippen LogP) is 2.28. The van der Waals surface area contributed by atoms with Crippen molar-refractivity contribution >= 4 is 0 Å². The van der Waals surface area contributed by atoms with Crippen LogP contribution in [0.1, 0.15) is 27.2 Å². The average molecular weight is 223 g/mol. The summed E-state index contributed by atoms with van der Waals surface area (Å²) < 4.78 is 11.5. The predicted molar refractivity (Wildman–Crippen MR) is 58.8 cm³/mol. The van der Waals surface area contributed by atoms with E-state index in [2.05, 4.69) is 4.85 Å². The molecule has 0 spiro atoms. The summed E-state index contributed by atoms with van der Waals surface area (Å²) in [6, 6.07) is 0. The van der Waals surface area contributed by atoms with Gasteiger partial charge >= 0.3 is 0 Å². The van der Waals surface area contributed by atoms with E-state index >= 15 is 0 Å². The van der Waals surface area contributed by atoms with Gasteiger partial charge in [-0.05, 0) is 6.92 Å². The fourth-order valence-electron chi connectivity index (χ4n) is 2.81. The maximum atomic E-state index is 10.1. The Labute approximate surface area is 95.7 Å². The molecule has 2 atom stereocenters. The van der Waals surface area contributed by atoms with Crippen LogP contribution in [0.3, 0.4) is 0 Å². The van der Waals surface area contributed by atoms with Crippen molar-refractivity contribution in [2.75, 3.05) is 13.2 Å². The van der Waals surface area contributed by atoms with Crippen molar-refractivity contribution in [1.29, 1.82) is 0 Å². The van der Waals surface area contributed by atoms with Crippen molar-refractivity contribution in [2.24, 2.45) is 5.41 Å². The lowest BCUT2D eigenvalue weighted by Crippen LogP contribution is -2.58. The quantitative estimate of drug-likeness (QED) is 0.641. The zero-order valence-electron chi connectivity index (χ0n) is 9.91. The molecule has 0 aromatic heterocycles. The number of rotatable bonds is 0. The molecular weight excluding hydrogens is 206 g/mol. The number of hydrogen-bond acceptors (Lipinski definition) is 3. The third kappa shape index (κ3) is 1.43. The lowest BCUT2D eigenvalue weighted by atomic mass is 9.69. The summed E-state index contributed by atoms with van der Waals surface area (Å²) in [5, 5.41) is 10.1. The maximum Gasteiger partial charge on any atom is 0.205 e. The Morgan fingerprint density at radius 2 is 2.06 bits per heavy atom. The van der Waals surface area contributed by atoms with E-state index in [1.54, 1.807) is 0 Å². The van der Waals surface area contributed by atoms with Crippen LogP contribution in [0.25, 0.3) is 4.85 Å². The molecular formula is C12H17NO3. The van der Waals surface area contributed by atoms with Crippen LogP contribution in [0, 0.1) is 12.0 Å². The Morgan fingerprint density at radius 3 is 2.69 bits per heavy atom. The molecule has 88 valence electrons. The van der Waals surface area contributed by atoms with Crippen molar-refractivity contribution in [3.8, 4) is 0 Å². The van der Waals surface area contributed by atoms with Crippen LogP contribution in [0.2, 0.25) is 0 Å². The van der Waals surface area contributed by atoms with Gasteiger partial charge in [-0.25, -0.2) is 4.85 Å². The smallest absolute Gasteiger partial charge is 0.205 e. The van der Waals surface area contributed by atoms with Gasteiger partial charge in [-0.1, -0.05) is 13.8 Å². The Hall–Kier alpha value is -1.05. The molecule has 2 rings (SSSR count). The van der Waals surface area contributed by atoms with E-state index < -0.39 is 11.0 Å². The molecule has 0 radical (unpaired) electrons. The summed E-state index contributed by atoms with van der Waals surface area (Å²) in [7, 11) is 0. The Morgan fingerprint density at radius 1 is 1.38 bits per heavy atom. The first-order chi connectivity index (χ1) is 7.42. The van der Waals surface area contributed by atoms with Gasteiger partial charge in [-0.3, -0.25) is 0 Å². The van der Waals surface area contributed by atoms with Gasteiger partial charge in [0, 0.05) is 11.8 Å². The van der Waals surface area contributed by atoms with Crippen LogP contribution in [0.4, 0.5) is 0 Å². The first kappa shape index (κ1) is 11.4. The van der Waals surface area contributed by atoms with Gasteiger partial charge < -0.3 is 14.6 Å². The van der Waals surface area contributed by atoms with Gasteiger partial charge in [0.1, 0.15) is 5.76 Å². The second-order valence-corrected chi connectivity index (χ2v) is 5.22. The molecule has 2 aliphatic rings. The van der Waals surface area contributed by atoms with Gasteiger partial charge in [0.2, 0.25) is 5.70 Å². The van der Waals surface area contributed by atoms with Crippen LogP contribution >= 0.6 is 0 Å². The standard InChI is InChI=1S/C12H17NO3/c1-11(2)9(14)8(13-4)7-12(3)10(11)15-5-6-16-12/h10,14H,5-7H2,1-3H3/t10-,12-/m0/s1. The molecule has 4 heteroatoms. The summed E-state index contributed by atoms with van der Waals surface area (Å²) >= 11 is 0. The first-order valence-electron chi connectivity index (χ1n) is 5.47. The zero-order chi connectivity index (χ0) is 12.0. The van der Waals surface area contributed by atoms with E-state index in [1.165, 1.54) is 0 Å². The van der Waals surface area contributed by atoms with E-state index in [-0.39, 0.29) is 11.9 Å². The molecule has 1 aliphatic carbocycles. The second-order valence-electron chi connectivity index (χ2n) is 5.22. The Kier molecular flexibility index (Phi) is 2.48. The van der Waals surface area contributed by atoms with Crippen molar-refractivity contribution < 1.29 is 14.6 Å². The number of hydrogen-bond donors (Lipinski definition) is 1. The lowest BCUT2D eigenvalue weighted by Gasteiger charge is -2.51. The Balaban J connectivity index is 2.48. The van der Waals surface area contributed by atoms with E-state index in [0.29, 0.717) is 25.3 Å². The molecule has 1 N–H and O–H groups in total. The number of fused-ring (bicyclic) bond motifs is 1. The highest BCUT2D eigenvalue weighted by molar-refractivity contribution is 5.29. The number of nitrogens with zero attached hydrogens (tertiary/aromatic N) is 1. The normalized spacial score (nSPS) is 37.8. The summed E-state index contributed by atoms with van der Waals surface area (Å²) in [6.07, 6.45) is 0.232. The van der Waals surface area contributed by atoms with Crippen LogP contribution in [-0.2, 0) is 9.47 Å². The monoisotopic (exact) mass is 223 g/mol. The van der Waals surface area contributed by atoms with Gasteiger partial charge in [-0.2, -0.15) is 0 Å². The Bertz CT molecular complexity index is 380. The van der Waals surface area contributed by atoms with E-state index in [4.69, 9.17) is 16.0 Å². The van der Waals surface area contributed by atoms with Gasteiger partial charge in [-0.15, -0.1) is 0 Å². The van der Waals surface area contributed by atoms with Crippen molar-refractivity contribution in [2.45, 2.75) is 38.9 Å². The third-order valence-corrected chi connectivity index (χ3v) is 3.55.